The predicted molar refractivity (Wildman–Crippen MR) is 109 cm³/mol. The monoisotopic (exact) mass is 365 g/mol. The molecule has 0 unspecified atom stereocenters. The maximum Gasteiger partial charge on any atom is 0.307 e. The number of rotatable bonds is 5. The molecular weight excluding hydrogens is 338 g/mol. The number of carboxylic acid groups (broad SMARTS) is 1. The van der Waals surface area contributed by atoms with Gasteiger partial charge in [-0.05, 0) is 35.1 Å². The molecule has 0 aliphatic heterocycles. The van der Waals surface area contributed by atoms with Crippen molar-refractivity contribution in [2.45, 2.75) is 46.1 Å². The third kappa shape index (κ3) is 3.70. The van der Waals surface area contributed by atoms with Crippen molar-refractivity contribution in [3.8, 4) is 5.75 Å². The van der Waals surface area contributed by atoms with E-state index in [1.54, 1.807) is 7.11 Å². The first-order chi connectivity index (χ1) is 12.7. The molecule has 142 valence electrons. The van der Waals surface area contributed by atoms with Crippen molar-refractivity contribution >= 4 is 16.9 Å². The zero-order valence-electron chi connectivity index (χ0n) is 16.7. The fourth-order valence-electron chi connectivity index (χ4n) is 3.91. The molecule has 0 amide bonds. The highest BCUT2D eigenvalue weighted by Gasteiger charge is 2.21. The molecule has 1 aromatic heterocycles. The number of para-hydroxylation sites is 1. The number of fused-ring (bicyclic) bond motifs is 1. The summed E-state index contributed by atoms with van der Waals surface area (Å²) in [7, 11) is 1.71. The summed E-state index contributed by atoms with van der Waals surface area (Å²) >= 11 is 0. The van der Waals surface area contributed by atoms with Crippen molar-refractivity contribution in [3.63, 3.8) is 0 Å². The van der Waals surface area contributed by atoms with Gasteiger partial charge in [-0.25, -0.2) is 0 Å². The zero-order valence-corrected chi connectivity index (χ0v) is 16.7. The van der Waals surface area contributed by atoms with Crippen LogP contribution in [0.5, 0.6) is 5.75 Å². The van der Waals surface area contributed by atoms with Gasteiger partial charge in [-0.3, -0.25) is 4.79 Å². The Bertz CT molecular complexity index is 993. The highest BCUT2D eigenvalue weighted by molar-refractivity contribution is 5.87. The molecule has 0 saturated carbocycles. The van der Waals surface area contributed by atoms with Gasteiger partial charge >= 0.3 is 5.97 Å². The minimum Gasteiger partial charge on any atom is -0.496 e. The first kappa shape index (κ1) is 19.0. The van der Waals surface area contributed by atoms with Crippen LogP contribution in [-0.2, 0) is 23.2 Å². The Balaban J connectivity index is 2.08. The lowest BCUT2D eigenvalue weighted by Gasteiger charge is -2.24. The van der Waals surface area contributed by atoms with Gasteiger partial charge in [-0.1, -0.05) is 51.1 Å². The number of hydrogen-bond acceptors (Lipinski definition) is 2. The average molecular weight is 365 g/mol. The summed E-state index contributed by atoms with van der Waals surface area (Å²) in [5, 5.41) is 10.2. The van der Waals surface area contributed by atoms with Gasteiger partial charge in [0.1, 0.15) is 5.75 Å². The minimum absolute atomic E-state index is 0.0205. The van der Waals surface area contributed by atoms with Crippen molar-refractivity contribution in [2.24, 2.45) is 0 Å². The lowest BCUT2D eigenvalue weighted by molar-refractivity contribution is -0.136. The second-order valence-corrected chi connectivity index (χ2v) is 8.05. The number of methoxy groups -OCH3 is 1. The highest BCUT2D eigenvalue weighted by Crippen LogP contribution is 2.35. The van der Waals surface area contributed by atoms with E-state index in [9.17, 15) is 9.90 Å². The van der Waals surface area contributed by atoms with Crippen molar-refractivity contribution in [1.29, 1.82) is 0 Å². The van der Waals surface area contributed by atoms with E-state index in [4.69, 9.17) is 4.74 Å². The number of carbonyl (C=O) groups is 1. The molecular formula is C23H27NO3. The number of carboxylic acids is 1. The summed E-state index contributed by atoms with van der Waals surface area (Å²) < 4.78 is 7.87. The molecule has 3 aromatic rings. The maximum absolute atomic E-state index is 11.2. The Hall–Kier alpha value is -2.75. The molecule has 0 bridgehead atoms. The lowest BCUT2D eigenvalue weighted by atomic mass is 9.83. The van der Waals surface area contributed by atoms with E-state index in [0.717, 1.165) is 33.3 Å². The van der Waals surface area contributed by atoms with E-state index in [-0.39, 0.29) is 11.8 Å². The Labute approximate surface area is 160 Å². The van der Waals surface area contributed by atoms with Crippen LogP contribution in [0.2, 0.25) is 0 Å². The van der Waals surface area contributed by atoms with E-state index < -0.39 is 5.97 Å². The van der Waals surface area contributed by atoms with E-state index in [0.29, 0.717) is 6.54 Å². The van der Waals surface area contributed by atoms with E-state index >= 15 is 0 Å². The highest BCUT2D eigenvalue weighted by atomic mass is 16.5. The first-order valence-corrected chi connectivity index (χ1v) is 9.18. The Morgan fingerprint density at radius 2 is 1.81 bits per heavy atom. The van der Waals surface area contributed by atoms with E-state index in [1.807, 2.05) is 30.5 Å². The molecule has 2 aromatic carbocycles. The van der Waals surface area contributed by atoms with Crippen molar-refractivity contribution in [3.05, 3.63) is 64.8 Å². The molecule has 0 radical (unpaired) electrons. The fourth-order valence-corrected chi connectivity index (χ4v) is 3.91. The summed E-state index contributed by atoms with van der Waals surface area (Å²) in [5.74, 6) is 0.0841. The van der Waals surface area contributed by atoms with Crippen LogP contribution in [0.1, 0.15) is 43.0 Å². The second kappa shape index (κ2) is 7.10. The molecule has 4 heteroatoms. The SMILES string of the molecule is COc1c(Cn2cc(CC(=O)O)c3ccccc32)ccc(C(C)(C)C)c1C. The number of nitrogens with zero attached hydrogens (tertiary/aromatic N) is 1. The second-order valence-electron chi connectivity index (χ2n) is 8.05. The van der Waals surface area contributed by atoms with Gasteiger partial charge in [-0.15, -0.1) is 0 Å². The molecule has 0 atom stereocenters. The summed E-state index contributed by atoms with van der Waals surface area (Å²) in [4.78, 5) is 11.2. The quantitative estimate of drug-likeness (QED) is 0.697. The minimum atomic E-state index is -0.819. The maximum atomic E-state index is 11.2. The summed E-state index contributed by atoms with van der Waals surface area (Å²) in [5.41, 5.74) is 5.43. The molecule has 27 heavy (non-hydrogen) atoms. The van der Waals surface area contributed by atoms with Gasteiger partial charge in [0.05, 0.1) is 20.1 Å². The lowest BCUT2D eigenvalue weighted by Crippen LogP contribution is -2.14. The van der Waals surface area contributed by atoms with Gasteiger partial charge in [-0.2, -0.15) is 0 Å². The van der Waals surface area contributed by atoms with Gasteiger partial charge in [0.2, 0.25) is 0 Å². The molecule has 0 spiro atoms. The van der Waals surface area contributed by atoms with Crippen LogP contribution in [0.15, 0.2) is 42.6 Å². The molecule has 0 aliphatic rings. The first-order valence-electron chi connectivity index (χ1n) is 9.18. The van der Waals surface area contributed by atoms with E-state index in [1.165, 1.54) is 5.56 Å². The number of aromatic nitrogens is 1. The average Bonchev–Trinajstić information content (AvgIpc) is 2.91. The molecule has 0 saturated heterocycles. The third-order valence-electron chi connectivity index (χ3n) is 5.05. The standard InChI is InChI=1S/C23H27NO3/c1-15-19(23(2,3)4)11-10-16(22(15)27-5)13-24-14-17(12-21(25)26)18-8-6-7-9-20(18)24/h6-11,14H,12-13H2,1-5H3,(H,25,26). The number of ether oxygens (including phenoxy) is 1. The normalized spacial score (nSPS) is 11.7. The third-order valence-corrected chi connectivity index (χ3v) is 5.05. The van der Waals surface area contributed by atoms with Crippen molar-refractivity contribution < 1.29 is 14.6 Å². The van der Waals surface area contributed by atoms with Crippen molar-refractivity contribution in [1.82, 2.24) is 4.57 Å². The van der Waals surface area contributed by atoms with Gasteiger partial charge in [0.15, 0.2) is 0 Å². The topological polar surface area (TPSA) is 51.5 Å². The molecule has 4 nitrogen and oxygen atoms in total. The predicted octanol–water partition coefficient (Wildman–Crippen LogP) is 4.93. The molecule has 1 N–H and O–H groups in total. The molecule has 3 rings (SSSR count). The molecule has 0 aliphatic carbocycles. The largest absolute Gasteiger partial charge is 0.496 e. The van der Waals surface area contributed by atoms with Crippen molar-refractivity contribution in [2.75, 3.05) is 7.11 Å². The van der Waals surface area contributed by atoms with Gasteiger partial charge in [0, 0.05) is 22.7 Å². The van der Waals surface area contributed by atoms with Crippen LogP contribution in [0.25, 0.3) is 10.9 Å². The van der Waals surface area contributed by atoms with Crippen LogP contribution >= 0.6 is 0 Å². The Kier molecular flexibility index (Phi) is 5.01. The fraction of sp³-hybridized carbons (Fsp3) is 0.348. The van der Waals surface area contributed by atoms with Crippen LogP contribution in [-0.4, -0.2) is 22.8 Å². The van der Waals surface area contributed by atoms with E-state index in [2.05, 4.69) is 44.4 Å². The summed E-state index contributed by atoms with van der Waals surface area (Å²) in [6.07, 6.45) is 1.97. The van der Waals surface area contributed by atoms with Crippen LogP contribution < -0.4 is 4.74 Å². The Morgan fingerprint density at radius 1 is 1.11 bits per heavy atom. The van der Waals surface area contributed by atoms with Gasteiger partial charge < -0.3 is 14.4 Å². The summed E-state index contributed by atoms with van der Waals surface area (Å²) in [6, 6.07) is 12.2. The number of benzene rings is 2. The summed E-state index contributed by atoms with van der Waals surface area (Å²) in [6.45, 7) is 9.34. The smallest absolute Gasteiger partial charge is 0.307 e. The van der Waals surface area contributed by atoms with Crippen LogP contribution in [0.3, 0.4) is 0 Å². The Morgan fingerprint density at radius 3 is 2.44 bits per heavy atom. The molecule has 1 heterocycles. The van der Waals surface area contributed by atoms with Crippen LogP contribution in [0, 0.1) is 6.92 Å². The number of aliphatic carboxylic acids is 1. The number of hydrogen-bond donors (Lipinski definition) is 1. The molecule has 0 fully saturated rings. The zero-order chi connectivity index (χ0) is 19.8. The van der Waals surface area contributed by atoms with Gasteiger partial charge in [0.25, 0.3) is 0 Å². The van der Waals surface area contributed by atoms with Crippen LogP contribution in [0.4, 0.5) is 0 Å².